The number of nitrogens with one attached hydrogen (secondary N) is 1. The molecule has 0 amide bonds. The van der Waals surface area contributed by atoms with Gasteiger partial charge in [0.2, 0.25) is 20.0 Å². The highest BCUT2D eigenvalue weighted by Gasteiger charge is 2.19. The van der Waals surface area contributed by atoms with Crippen LogP contribution in [-0.4, -0.2) is 25.6 Å². The van der Waals surface area contributed by atoms with Crippen LogP contribution in [0.1, 0.15) is 5.56 Å². The Kier molecular flexibility index (Phi) is 4.36. The van der Waals surface area contributed by atoms with Crippen molar-refractivity contribution in [1.29, 1.82) is 0 Å². The molecule has 0 unspecified atom stereocenters. The highest BCUT2D eigenvalue weighted by atomic mass is 32.2. The average molecular weight is 384 g/mol. The first-order chi connectivity index (χ1) is 11.3. The number of primary sulfonamides is 1. The van der Waals surface area contributed by atoms with Gasteiger partial charge in [0.25, 0.3) is 0 Å². The largest absolute Gasteiger partial charge is 0.243 e. The van der Waals surface area contributed by atoms with Crippen molar-refractivity contribution in [2.45, 2.75) is 16.3 Å². The van der Waals surface area contributed by atoms with Gasteiger partial charge in [-0.3, -0.25) is 0 Å². The lowest BCUT2D eigenvalue weighted by Crippen LogP contribution is -2.23. The molecule has 0 aliphatic carbocycles. The van der Waals surface area contributed by atoms with Gasteiger partial charge in [-0.2, -0.15) is 8.75 Å². The fourth-order valence-corrected chi connectivity index (χ4v) is 4.35. The molecule has 8 nitrogen and oxygen atoms in total. The second kappa shape index (κ2) is 6.18. The van der Waals surface area contributed by atoms with E-state index in [9.17, 15) is 16.8 Å². The maximum Gasteiger partial charge on any atom is 0.243 e. The molecule has 0 fully saturated rings. The molecule has 0 spiro atoms. The van der Waals surface area contributed by atoms with Crippen LogP contribution in [-0.2, 0) is 26.6 Å². The van der Waals surface area contributed by atoms with Crippen LogP contribution in [0.3, 0.4) is 0 Å². The fraction of sp³-hybridized carbons (Fsp3) is 0.0769. The van der Waals surface area contributed by atoms with Crippen LogP contribution in [0.25, 0.3) is 11.0 Å². The van der Waals surface area contributed by atoms with Crippen LogP contribution < -0.4 is 9.86 Å². The molecule has 0 saturated heterocycles. The van der Waals surface area contributed by atoms with E-state index in [0.29, 0.717) is 16.6 Å². The second-order valence-electron chi connectivity index (χ2n) is 4.90. The summed E-state index contributed by atoms with van der Waals surface area (Å²) >= 11 is 0.941. The maximum absolute atomic E-state index is 12.5. The molecule has 2 aromatic carbocycles. The first-order valence-corrected chi connectivity index (χ1v) is 10.4. The van der Waals surface area contributed by atoms with E-state index in [0.717, 1.165) is 11.7 Å². The summed E-state index contributed by atoms with van der Waals surface area (Å²) in [7, 11) is -7.56. The van der Waals surface area contributed by atoms with Gasteiger partial charge in [0, 0.05) is 6.54 Å². The molecule has 0 bridgehead atoms. The molecule has 0 saturated carbocycles. The van der Waals surface area contributed by atoms with Crippen LogP contribution in [0.15, 0.2) is 52.3 Å². The molecule has 0 aliphatic heterocycles. The topological polar surface area (TPSA) is 132 Å². The standard InChI is InChI=1S/C13H12N4O4S3/c14-23(18,19)10-6-4-9(5-7-10)8-15-24(20,21)12-3-1-2-11-13(12)17-22-16-11/h1-7,15H,8H2,(H2,14,18,19). The summed E-state index contributed by atoms with van der Waals surface area (Å²) in [4.78, 5) is 0.0160. The summed E-state index contributed by atoms with van der Waals surface area (Å²) in [5, 5.41) is 5.02. The number of benzene rings is 2. The minimum absolute atomic E-state index is 0.00118. The highest BCUT2D eigenvalue weighted by molar-refractivity contribution is 7.89. The Morgan fingerprint density at radius 1 is 1.00 bits per heavy atom. The molecule has 1 heterocycles. The molecule has 24 heavy (non-hydrogen) atoms. The van der Waals surface area contributed by atoms with Crippen molar-refractivity contribution in [1.82, 2.24) is 13.5 Å². The number of nitrogens with zero attached hydrogens (tertiary/aromatic N) is 2. The zero-order valence-electron chi connectivity index (χ0n) is 12.1. The predicted octanol–water partition coefficient (Wildman–Crippen LogP) is 0.817. The monoisotopic (exact) mass is 384 g/mol. The lowest BCUT2D eigenvalue weighted by atomic mass is 10.2. The van der Waals surface area contributed by atoms with Gasteiger partial charge in [0.15, 0.2) is 0 Å². The lowest BCUT2D eigenvalue weighted by Gasteiger charge is -2.07. The summed E-state index contributed by atoms with van der Waals surface area (Å²) in [6.45, 7) is 0.00118. The third-order valence-corrected chi connectivity index (χ3v) is 6.16. The molecular formula is C13H12N4O4S3. The van der Waals surface area contributed by atoms with Gasteiger partial charge in [0.1, 0.15) is 15.9 Å². The summed E-state index contributed by atoms with van der Waals surface area (Å²) < 4.78 is 57.8. The molecular weight excluding hydrogens is 372 g/mol. The van der Waals surface area contributed by atoms with E-state index in [2.05, 4.69) is 13.5 Å². The molecule has 1 aromatic heterocycles. The SMILES string of the molecule is NS(=O)(=O)c1ccc(CNS(=O)(=O)c2cccc3nsnc23)cc1. The minimum Gasteiger partial charge on any atom is -0.225 e. The number of nitrogens with two attached hydrogens (primary N) is 1. The normalized spacial score (nSPS) is 12.5. The smallest absolute Gasteiger partial charge is 0.225 e. The summed E-state index contributed by atoms with van der Waals surface area (Å²) in [5.41, 5.74) is 1.43. The van der Waals surface area contributed by atoms with Crippen LogP contribution in [0.4, 0.5) is 0 Å². The van der Waals surface area contributed by atoms with E-state index in [1.165, 1.54) is 30.3 Å². The number of hydrogen-bond acceptors (Lipinski definition) is 7. The van der Waals surface area contributed by atoms with Gasteiger partial charge in [-0.1, -0.05) is 18.2 Å². The van der Waals surface area contributed by atoms with E-state index >= 15 is 0 Å². The van der Waals surface area contributed by atoms with Gasteiger partial charge >= 0.3 is 0 Å². The van der Waals surface area contributed by atoms with Gasteiger partial charge in [-0.15, -0.1) is 0 Å². The Morgan fingerprint density at radius 2 is 1.71 bits per heavy atom. The van der Waals surface area contributed by atoms with Crippen molar-refractivity contribution < 1.29 is 16.8 Å². The zero-order valence-corrected chi connectivity index (χ0v) is 14.5. The number of aromatic nitrogens is 2. The van der Waals surface area contributed by atoms with Crippen molar-refractivity contribution in [2.24, 2.45) is 5.14 Å². The van der Waals surface area contributed by atoms with Crippen LogP contribution in [0.2, 0.25) is 0 Å². The second-order valence-corrected chi connectivity index (χ2v) is 8.73. The Hall–Kier alpha value is -1.92. The number of sulfonamides is 2. The van der Waals surface area contributed by atoms with E-state index in [1.54, 1.807) is 12.1 Å². The maximum atomic E-state index is 12.5. The molecule has 0 atom stereocenters. The van der Waals surface area contributed by atoms with Crippen molar-refractivity contribution in [3.63, 3.8) is 0 Å². The predicted molar refractivity (Wildman–Crippen MR) is 89.3 cm³/mol. The molecule has 11 heteroatoms. The van der Waals surface area contributed by atoms with Gasteiger partial charge < -0.3 is 0 Å². The number of hydrogen-bond donors (Lipinski definition) is 2. The minimum atomic E-state index is -3.78. The van der Waals surface area contributed by atoms with Crippen molar-refractivity contribution in [3.8, 4) is 0 Å². The fourth-order valence-electron chi connectivity index (χ4n) is 2.05. The van der Waals surface area contributed by atoms with Crippen LogP contribution in [0, 0.1) is 0 Å². The molecule has 126 valence electrons. The quantitative estimate of drug-likeness (QED) is 0.669. The summed E-state index contributed by atoms with van der Waals surface area (Å²) in [6.07, 6.45) is 0. The Balaban J connectivity index is 1.82. The number of rotatable bonds is 5. The van der Waals surface area contributed by atoms with Crippen LogP contribution >= 0.6 is 11.7 Å². The first kappa shape index (κ1) is 16.9. The lowest BCUT2D eigenvalue weighted by molar-refractivity contribution is 0.581. The summed E-state index contributed by atoms with van der Waals surface area (Å²) in [6, 6.07) is 10.4. The van der Waals surface area contributed by atoms with Crippen molar-refractivity contribution in [2.75, 3.05) is 0 Å². The third kappa shape index (κ3) is 3.44. The number of fused-ring (bicyclic) bond motifs is 1. The van der Waals surface area contributed by atoms with Gasteiger partial charge in [-0.25, -0.2) is 26.7 Å². The average Bonchev–Trinajstić information content (AvgIpc) is 3.01. The third-order valence-electron chi connectivity index (χ3n) is 3.26. The van der Waals surface area contributed by atoms with Crippen molar-refractivity contribution in [3.05, 3.63) is 48.0 Å². The van der Waals surface area contributed by atoms with Crippen molar-refractivity contribution >= 4 is 42.8 Å². The zero-order chi connectivity index (χ0) is 17.4. The molecule has 0 aliphatic rings. The Labute approximate surface area is 142 Å². The Morgan fingerprint density at radius 3 is 2.38 bits per heavy atom. The molecule has 3 rings (SSSR count). The summed E-state index contributed by atoms with van der Waals surface area (Å²) in [5.74, 6) is 0. The van der Waals surface area contributed by atoms with E-state index < -0.39 is 20.0 Å². The van der Waals surface area contributed by atoms with Crippen LogP contribution in [0.5, 0.6) is 0 Å². The first-order valence-electron chi connectivity index (χ1n) is 6.60. The highest BCUT2D eigenvalue weighted by Crippen LogP contribution is 2.21. The van der Waals surface area contributed by atoms with E-state index in [4.69, 9.17) is 5.14 Å². The Bertz CT molecular complexity index is 1090. The van der Waals surface area contributed by atoms with Gasteiger partial charge in [0.05, 0.1) is 16.6 Å². The molecule has 3 N–H and O–H groups in total. The van der Waals surface area contributed by atoms with E-state index in [-0.39, 0.29) is 16.3 Å². The van der Waals surface area contributed by atoms with Gasteiger partial charge in [-0.05, 0) is 29.8 Å². The van der Waals surface area contributed by atoms with E-state index in [1.807, 2.05) is 0 Å². The molecule has 0 radical (unpaired) electrons. The molecule has 3 aromatic rings.